The van der Waals surface area contributed by atoms with Gasteiger partial charge in [-0.1, -0.05) is 22.0 Å². The van der Waals surface area contributed by atoms with Crippen LogP contribution in [0.4, 0.5) is 4.39 Å². The van der Waals surface area contributed by atoms with Gasteiger partial charge in [-0.05, 0) is 37.6 Å². The highest BCUT2D eigenvalue weighted by molar-refractivity contribution is 9.10. The SMILES string of the molecule is CCOC(=O)CCCNCc1ccc(F)cc1Br. The van der Waals surface area contributed by atoms with Crippen LogP contribution in [0.15, 0.2) is 22.7 Å². The van der Waals surface area contributed by atoms with Crippen LogP contribution in [-0.2, 0) is 16.1 Å². The molecule has 1 rings (SSSR count). The van der Waals surface area contributed by atoms with E-state index in [1.54, 1.807) is 13.0 Å². The van der Waals surface area contributed by atoms with Crippen molar-refractivity contribution in [2.75, 3.05) is 13.2 Å². The summed E-state index contributed by atoms with van der Waals surface area (Å²) < 4.78 is 18.4. The van der Waals surface area contributed by atoms with Gasteiger partial charge >= 0.3 is 5.97 Å². The van der Waals surface area contributed by atoms with Crippen molar-refractivity contribution in [2.24, 2.45) is 0 Å². The molecule has 1 N–H and O–H groups in total. The molecule has 0 amide bonds. The molecule has 3 nitrogen and oxygen atoms in total. The first-order chi connectivity index (χ1) is 8.63. The van der Waals surface area contributed by atoms with E-state index >= 15 is 0 Å². The summed E-state index contributed by atoms with van der Waals surface area (Å²) in [5.74, 6) is -0.421. The Morgan fingerprint density at radius 3 is 2.94 bits per heavy atom. The van der Waals surface area contributed by atoms with Crippen molar-refractivity contribution >= 4 is 21.9 Å². The van der Waals surface area contributed by atoms with E-state index in [0.717, 1.165) is 23.0 Å². The largest absolute Gasteiger partial charge is 0.466 e. The van der Waals surface area contributed by atoms with E-state index in [4.69, 9.17) is 4.74 Å². The van der Waals surface area contributed by atoms with Crippen molar-refractivity contribution in [3.05, 3.63) is 34.1 Å². The monoisotopic (exact) mass is 317 g/mol. The van der Waals surface area contributed by atoms with E-state index in [0.29, 0.717) is 19.6 Å². The lowest BCUT2D eigenvalue weighted by atomic mass is 10.2. The van der Waals surface area contributed by atoms with Gasteiger partial charge in [-0.2, -0.15) is 0 Å². The van der Waals surface area contributed by atoms with Crippen LogP contribution >= 0.6 is 15.9 Å². The first kappa shape index (κ1) is 15.1. The zero-order chi connectivity index (χ0) is 13.4. The third kappa shape index (κ3) is 5.60. The summed E-state index contributed by atoms with van der Waals surface area (Å²) in [6.45, 7) is 3.59. The second-order valence-corrected chi connectivity index (χ2v) is 4.68. The molecule has 0 aliphatic rings. The molecule has 0 aliphatic carbocycles. The topological polar surface area (TPSA) is 38.3 Å². The maximum Gasteiger partial charge on any atom is 0.305 e. The lowest BCUT2D eigenvalue weighted by Crippen LogP contribution is -2.16. The minimum Gasteiger partial charge on any atom is -0.466 e. The number of carbonyl (C=O) groups is 1. The van der Waals surface area contributed by atoms with Gasteiger partial charge in [0, 0.05) is 17.4 Å². The number of halogens is 2. The molecule has 0 saturated carbocycles. The van der Waals surface area contributed by atoms with Crippen LogP contribution in [0.5, 0.6) is 0 Å². The molecule has 0 radical (unpaired) electrons. The first-order valence-corrected chi connectivity index (χ1v) is 6.73. The Morgan fingerprint density at radius 1 is 1.50 bits per heavy atom. The van der Waals surface area contributed by atoms with Crippen LogP contribution in [0.2, 0.25) is 0 Å². The van der Waals surface area contributed by atoms with Gasteiger partial charge < -0.3 is 10.1 Å². The maximum absolute atomic E-state index is 12.9. The molecule has 5 heteroatoms. The van der Waals surface area contributed by atoms with Crippen molar-refractivity contribution in [3.63, 3.8) is 0 Å². The van der Waals surface area contributed by atoms with Crippen molar-refractivity contribution in [1.29, 1.82) is 0 Å². The second-order valence-electron chi connectivity index (χ2n) is 3.82. The standard InChI is InChI=1S/C13H17BrFNO2/c1-2-18-13(17)4-3-7-16-9-10-5-6-11(15)8-12(10)14/h5-6,8,16H,2-4,7,9H2,1H3. The molecule has 0 bridgehead atoms. The Bertz CT molecular complexity index is 399. The van der Waals surface area contributed by atoms with Crippen molar-refractivity contribution in [2.45, 2.75) is 26.3 Å². The molecular formula is C13H17BrFNO2. The van der Waals surface area contributed by atoms with Gasteiger partial charge in [0.2, 0.25) is 0 Å². The molecule has 0 heterocycles. The smallest absolute Gasteiger partial charge is 0.305 e. The predicted molar refractivity (Wildman–Crippen MR) is 71.7 cm³/mol. The highest BCUT2D eigenvalue weighted by Crippen LogP contribution is 2.17. The van der Waals surface area contributed by atoms with E-state index < -0.39 is 0 Å². The molecular weight excluding hydrogens is 301 g/mol. The molecule has 100 valence electrons. The summed E-state index contributed by atoms with van der Waals surface area (Å²) in [5.41, 5.74) is 0.993. The summed E-state index contributed by atoms with van der Waals surface area (Å²) in [7, 11) is 0. The maximum atomic E-state index is 12.9. The molecule has 1 aromatic carbocycles. The fraction of sp³-hybridized carbons (Fsp3) is 0.462. The Balaban J connectivity index is 2.20. The number of rotatable bonds is 7. The molecule has 0 saturated heterocycles. The van der Waals surface area contributed by atoms with E-state index in [9.17, 15) is 9.18 Å². The highest BCUT2D eigenvalue weighted by Gasteiger charge is 2.02. The quantitative estimate of drug-likeness (QED) is 0.620. The first-order valence-electron chi connectivity index (χ1n) is 5.93. The third-order valence-corrected chi connectivity index (χ3v) is 3.11. The fourth-order valence-corrected chi connectivity index (χ4v) is 1.97. The van der Waals surface area contributed by atoms with E-state index in [1.807, 2.05) is 0 Å². The third-order valence-electron chi connectivity index (χ3n) is 2.37. The van der Waals surface area contributed by atoms with Gasteiger partial charge in [0.1, 0.15) is 5.82 Å². The normalized spacial score (nSPS) is 10.4. The summed E-state index contributed by atoms with van der Waals surface area (Å²) >= 11 is 3.31. The van der Waals surface area contributed by atoms with Crippen LogP contribution in [-0.4, -0.2) is 19.1 Å². The zero-order valence-corrected chi connectivity index (χ0v) is 11.9. The zero-order valence-electron chi connectivity index (χ0n) is 10.3. The van der Waals surface area contributed by atoms with E-state index in [2.05, 4.69) is 21.2 Å². The molecule has 0 unspecified atom stereocenters. The van der Waals surface area contributed by atoms with E-state index in [1.165, 1.54) is 12.1 Å². The highest BCUT2D eigenvalue weighted by atomic mass is 79.9. The summed E-state index contributed by atoms with van der Waals surface area (Å²) in [6, 6.07) is 4.60. The van der Waals surface area contributed by atoms with Gasteiger partial charge in [0.25, 0.3) is 0 Å². The van der Waals surface area contributed by atoms with Gasteiger partial charge in [-0.3, -0.25) is 4.79 Å². The average molecular weight is 318 g/mol. The average Bonchev–Trinajstić information content (AvgIpc) is 2.31. The number of hydrogen-bond acceptors (Lipinski definition) is 3. The fourth-order valence-electron chi connectivity index (χ4n) is 1.48. The van der Waals surface area contributed by atoms with Crippen molar-refractivity contribution < 1.29 is 13.9 Å². The molecule has 0 atom stereocenters. The number of benzene rings is 1. The number of hydrogen-bond donors (Lipinski definition) is 1. The molecule has 0 aliphatic heterocycles. The van der Waals surface area contributed by atoms with Crippen molar-refractivity contribution in [3.8, 4) is 0 Å². The van der Waals surface area contributed by atoms with Crippen LogP contribution < -0.4 is 5.32 Å². The van der Waals surface area contributed by atoms with Crippen LogP contribution in [0.1, 0.15) is 25.3 Å². The molecule has 1 aromatic rings. The number of nitrogens with one attached hydrogen (secondary N) is 1. The van der Waals surface area contributed by atoms with E-state index in [-0.39, 0.29) is 11.8 Å². The second kappa shape index (κ2) is 8.21. The van der Waals surface area contributed by atoms with Gasteiger partial charge in [-0.25, -0.2) is 4.39 Å². The van der Waals surface area contributed by atoms with Crippen LogP contribution in [0.3, 0.4) is 0 Å². The lowest BCUT2D eigenvalue weighted by Gasteiger charge is -2.07. The Labute approximate surface area is 115 Å². The van der Waals surface area contributed by atoms with Crippen molar-refractivity contribution in [1.82, 2.24) is 5.32 Å². The van der Waals surface area contributed by atoms with Crippen LogP contribution in [0.25, 0.3) is 0 Å². The Morgan fingerprint density at radius 2 is 2.28 bits per heavy atom. The Kier molecular flexibility index (Phi) is 6.90. The minimum atomic E-state index is -0.257. The number of ether oxygens (including phenoxy) is 1. The summed E-state index contributed by atoms with van der Waals surface area (Å²) in [4.78, 5) is 11.1. The molecule has 0 fully saturated rings. The molecule has 18 heavy (non-hydrogen) atoms. The predicted octanol–water partition coefficient (Wildman–Crippen LogP) is 3.02. The lowest BCUT2D eigenvalue weighted by molar-refractivity contribution is -0.143. The van der Waals surface area contributed by atoms with Gasteiger partial charge in [0.05, 0.1) is 6.61 Å². The molecule has 0 spiro atoms. The Hall–Kier alpha value is -0.940. The molecule has 0 aromatic heterocycles. The summed E-state index contributed by atoms with van der Waals surface area (Å²) in [5, 5.41) is 3.20. The number of carbonyl (C=O) groups excluding carboxylic acids is 1. The van der Waals surface area contributed by atoms with Crippen LogP contribution in [0, 0.1) is 5.82 Å². The van der Waals surface area contributed by atoms with Gasteiger partial charge in [0.15, 0.2) is 0 Å². The minimum absolute atomic E-state index is 0.165. The van der Waals surface area contributed by atoms with Gasteiger partial charge in [-0.15, -0.1) is 0 Å². The number of esters is 1. The summed E-state index contributed by atoms with van der Waals surface area (Å²) in [6.07, 6.45) is 1.16.